The molecule has 0 spiro atoms. The van der Waals surface area contributed by atoms with Crippen molar-refractivity contribution in [1.29, 1.82) is 0 Å². The average Bonchev–Trinajstić information content (AvgIpc) is 3.50. The highest BCUT2D eigenvalue weighted by Gasteiger charge is 2.39. The van der Waals surface area contributed by atoms with Crippen LogP contribution in [0.1, 0.15) is 25.8 Å². The van der Waals surface area contributed by atoms with Gasteiger partial charge in [0.25, 0.3) is 0 Å². The van der Waals surface area contributed by atoms with E-state index in [2.05, 4.69) is 20.2 Å². The minimum atomic E-state index is -0.410. The summed E-state index contributed by atoms with van der Waals surface area (Å²) in [5, 5.41) is 8.63. The molecule has 0 atom stereocenters. The Morgan fingerprint density at radius 2 is 2.00 bits per heavy atom. The first kappa shape index (κ1) is 20.0. The van der Waals surface area contributed by atoms with Gasteiger partial charge >= 0.3 is 0 Å². The van der Waals surface area contributed by atoms with E-state index in [9.17, 15) is 9.18 Å². The predicted octanol–water partition coefficient (Wildman–Crippen LogP) is 3.95. The molecule has 32 heavy (non-hydrogen) atoms. The third kappa shape index (κ3) is 3.55. The summed E-state index contributed by atoms with van der Waals surface area (Å²) in [5.74, 6) is 0.633. The molecule has 1 aromatic carbocycles. The molecule has 4 heterocycles. The van der Waals surface area contributed by atoms with E-state index in [1.807, 2.05) is 13.8 Å². The van der Waals surface area contributed by atoms with E-state index in [1.165, 1.54) is 12.3 Å². The number of hydrogen-bond donors (Lipinski definition) is 0. The van der Waals surface area contributed by atoms with Gasteiger partial charge in [-0.2, -0.15) is 5.10 Å². The molecule has 1 amide bonds. The van der Waals surface area contributed by atoms with Crippen molar-refractivity contribution in [3.8, 4) is 22.9 Å². The van der Waals surface area contributed by atoms with Crippen LogP contribution < -0.4 is 4.90 Å². The van der Waals surface area contributed by atoms with Crippen molar-refractivity contribution in [2.75, 3.05) is 11.4 Å². The van der Waals surface area contributed by atoms with Crippen molar-refractivity contribution < 1.29 is 13.7 Å². The second kappa shape index (κ2) is 7.67. The van der Waals surface area contributed by atoms with E-state index in [4.69, 9.17) is 4.52 Å². The second-order valence-electron chi connectivity index (χ2n) is 8.38. The van der Waals surface area contributed by atoms with Gasteiger partial charge in [0.05, 0.1) is 12.2 Å². The number of nitrogens with zero attached hydrogens (tertiary/aromatic N) is 6. The summed E-state index contributed by atoms with van der Waals surface area (Å²) in [6.45, 7) is 4.68. The lowest BCUT2D eigenvalue weighted by Crippen LogP contribution is -2.31. The molecule has 1 saturated heterocycles. The van der Waals surface area contributed by atoms with Gasteiger partial charge in [0, 0.05) is 29.8 Å². The fourth-order valence-electron chi connectivity index (χ4n) is 3.79. The zero-order chi connectivity index (χ0) is 22.3. The van der Waals surface area contributed by atoms with E-state index in [-0.39, 0.29) is 18.3 Å². The summed E-state index contributed by atoms with van der Waals surface area (Å²) in [6, 6.07) is 11.8. The van der Waals surface area contributed by atoms with E-state index >= 15 is 0 Å². The quantitative estimate of drug-likeness (QED) is 0.474. The summed E-state index contributed by atoms with van der Waals surface area (Å²) in [7, 11) is 0. The minimum absolute atomic E-state index is 0.0375. The van der Waals surface area contributed by atoms with Crippen molar-refractivity contribution in [2.45, 2.75) is 26.8 Å². The van der Waals surface area contributed by atoms with Gasteiger partial charge in [0.1, 0.15) is 29.3 Å². The van der Waals surface area contributed by atoms with Gasteiger partial charge in [-0.3, -0.25) is 14.4 Å². The maximum Gasteiger partial charge on any atom is 0.233 e. The Balaban J connectivity index is 1.53. The van der Waals surface area contributed by atoms with Crippen LogP contribution >= 0.6 is 0 Å². The van der Waals surface area contributed by atoms with Gasteiger partial charge in [0.15, 0.2) is 5.82 Å². The number of benzene rings is 1. The van der Waals surface area contributed by atoms with E-state index in [0.29, 0.717) is 40.8 Å². The minimum Gasteiger partial charge on any atom is -0.364 e. The highest BCUT2D eigenvalue weighted by atomic mass is 19.1. The van der Waals surface area contributed by atoms with Crippen LogP contribution in [-0.4, -0.2) is 37.4 Å². The molecule has 1 fully saturated rings. The molecule has 0 aliphatic carbocycles. The van der Waals surface area contributed by atoms with Crippen molar-refractivity contribution in [3.05, 3.63) is 66.3 Å². The number of carbonyl (C=O) groups excluding carboxylic acids is 1. The van der Waals surface area contributed by atoms with Gasteiger partial charge < -0.3 is 4.52 Å². The Bertz CT molecular complexity index is 1280. The molecule has 8 nitrogen and oxygen atoms in total. The smallest absolute Gasteiger partial charge is 0.233 e. The number of aromatic nitrogens is 5. The SMILES string of the molecule is CC1(C)CCN(c2ccnc(-c3cc(-c4ccon4)n(Cc4ccccc4F)n3)n2)C1=O. The molecule has 0 bridgehead atoms. The monoisotopic (exact) mass is 432 g/mol. The molecule has 0 N–H and O–H groups in total. The summed E-state index contributed by atoms with van der Waals surface area (Å²) < 4.78 is 20.9. The van der Waals surface area contributed by atoms with E-state index in [1.54, 1.807) is 52.2 Å². The Labute approximate surface area is 183 Å². The summed E-state index contributed by atoms with van der Waals surface area (Å²) >= 11 is 0. The number of rotatable bonds is 5. The highest BCUT2D eigenvalue weighted by Crippen LogP contribution is 2.34. The largest absolute Gasteiger partial charge is 0.364 e. The molecule has 0 radical (unpaired) electrons. The van der Waals surface area contributed by atoms with E-state index in [0.717, 1.165) is 6.42 Å². The van der Waals surface area contributed by atoms with Gasteiger partial charge in [0.2, 0.25) is 5.91 Å². The van der Waals surface area contributed by atoms with E-state index < -0.39 is 5.41 Å². The molecule has 1 aliphatic rings. The summed E-state index contributed by atoms with van der Waals surface area (Å²) in [5.41, 5.74) is 1.78. The molecule has 162 valence electrons. The number of halogens is 1. The number of hydrogen-bond acceptors (Lipinski definition) is 6. The maximum atomic E-state index is 14.3. The topological polar surface area (TPSA) is 89.9 Å². The molecule has 0 unspecified atom stereocenters. The summed E-state index contributed by atoms with van der Waals surface area (Å²) in [6.07, 6.45) is 3.84. The average molecular weight is 432 g/mol. The molecular formula is C23H21FN6O2. The predicted molar refractivity (Wildman–Crippen MR) is 115 cm³/mol. The van der Waals surface area contributed by atoms with Gasteiger partial charge in [-0.1, -0.05) is 37.2 Å². The molecule has 3 aromatic heterocycles. The lowest BCUT2D eigenvalue weighted by atomic mass is 9.92. The maximum absolute atomic E-state index is 14.3. The van der Waals surface area contributed by atoms with Crippen molar-refractivity contribution >= 4 is 11.7 Å². The second-order valence-corrected chi connectivity index (χ2v) is 8.38. The van der Waals surface area contributed by atoms with Crippen LogP contribution in [0.2, 0.25) is 0 Å². The molecule has 5 rings (SSSR count). The number of amides is 1. The van der Waals surface area contributed by atoms with Crippen LogP contribution in [0.25, 0.3) is 22.9 Å². The molecule has 1 aliphatic heterocycles. The van der Waals surface area contributed by atoms with Gasteiger partial charge in [-0.05, 0) is 24.6 Å². The Morgan fingerprint density at radius 1 is 1.16 bits per heavy atom. The Morgan fingerprint density at radius 3 is 2.72 bits per heavy atom. The van der Waals surface area contributed by atoms with Crippen LogP contribution in [0.3, 0.4) is 0 Å². The van der Waals surface area contributed by atoms with Crippen LogP contribution in [0, 0.1) is 11.2 Å². The fraction of sp³-hybridized carbons (Fsp3) is 0.261. The van der Waals surface area contributed by atoms with Crippen LogP contribution in [0.4, 0.5) is 10.2 Å². The molecule has 4 aromatic rings. The van der Waals surface area contributed by atoms with Gasteiger partial charge in [-0.15, -0.1) is 0 Å². The number of carbonyl (C=O) groups is 1. The molecular weight excluding hydrogens is 411 g/mol. The highest BCUT2D eigenvalue weighted by molar-refractivity contribution is 5.98. The Hall–Kier alpha value is -3.88. The third-order valence-corrected chi connectivity index (χ3v) is 5.69. The lowest BCUT2D eigenvalue weighted by Gasteiger charge is -2.18. The first-order valence-corrected chi connectivity index (χ1v) is 10.3. The van der Waals surface area contributed by atoms with Crippen LogP contribution in [-0.2, 0) is 11.3 Å². The zero-order valence-electron chi connectivity index (χ0n) is 17.7. The molecule has 9 heteroatoms. The first-order chi connectivity index (χ1) is 15.4. The fourth-order valence-corrected chi connectivity index (χ4v) is 3.79. The molecule has 0 saturated carbocycles. The van der Waals surface area contributed by atoms with Crippen LogP contribution in [0.5, 0.6) is 0 Å². The number of anilines is 1. The first-order valence-electron chi connectivity index (χ1n) is 10.3. The van der Waals surface area contributed by atoms with Crippen molar-refractivity contribution in [3.63, 3.8) is 0 Å². The van der Waals surface area contributed by atoms with Gasteiger partial charge in [-0.25, -0.2) is 14.4 Å². The van der Waals surface area contributed by atoms with Crippen molar-refractivity contribution in [2.24, 2.45) is 5.41 Å². The summed E-state index contributed by atoms with van der Waals surface area (Å²) in [4.78, 5) is 23.4. The van der Waals surface area contributed by atoms with Crippen molar-refractivity contribution in [1.82, 2.24) is 24.9 Å². The lowest BCUT2D eigenvalue weighted by molar-refractivity contribution is -0.124. The Kier molecular flexibility index (Phi) is 4.80. The van der Waals surface area contributed by atoms with Crippen LogP contribution in [0.15, 0.2) is 59.4 Å². The standard InChI is InChI=1S/C23H21FN6O2/c1-23(2)9-11-29(22(23)31)20-7-10-25-21(26-20)18-13-19(17-8-12-32-28-17)30(27-18)14-15-5-3-4-6-16(15)24/h3-8,10,12-13H,9,11,14H2,1-2H3. The normalized spacial score (nSPS) is 15.5. The third-order valence-electron chi connectivity index (χ3n) is 5.69. The zero-order valence-corrected chi connectivity index (χ0v) is 17.7.